The summed E-state index contributed by atoms with van der Waals surface area (Å²) in [6, 6.07) is 11.9. The summed E-state index contributed by atoms with van der Waals surface area (Å²) in [6.07, 6.45) is -2.31. The molecule has 0 radical (unpaired) electrons. The van der Waals surface area contributed by atoms with Gasteiger partial charge in [0.1, 0.15) is 29.8 Å². The summed E-state index contributed by atoms with van der Waals surface area (Å²) in [6.45, 7) is 2.03. The maximum absolute atomic E-state index is 13.7. The first kappa shape index (κ1) is 24.3. The van der Waals surface area contributed by atoms with Crippen LogP contribution in [0.1, 0.15) is 27.9 Å². The van der Waals surface area contributed by atoms with Gasteiger partial charge in [0.25, 0.3) is 0 Å². The number of ether oxygens (including phenoxy) is 2. The van der Waals surface area contributed by atoms with Crippen molar-refractivity contribution in [3.63, 3.8) is 0 Å². The number of pyridine rings is 1. The molecule has 0 aliphatic rings. The third-order valence-corrected chi connectivity index (χ3v) is 5.56. The second kappa shape index (κ2) is 9.79. The second-order valence-electron chi connectivity index (χ2n) is 8.06. The molecule has 0 bridgehead atoms. The number of benzene rings is 2. The molecule has 0 saturated carbocycles. The van der Waals surface area contributed by atoms with E-state index in [-0.39, 0.29) is 30.5 Å². The van der Waals surface area contributed by atoms with Crippen molar-refractivity contribution >= 4 is 16.9 Å². The first-order valence-corrected chi connectivity index (χ1v) is 10.8. The van der Waals surface area contributed by atoms with E-state index in [4.69, 9.17) is 19.6 Å². The number of carbonyl (C=O) groups is 1. The van der Waals surface area contributed by atoms with E-state index in [0.29, 0.717) is 33.7 Å². The number of furan rings is 1. The molecule has 0 amide bonds. The molecule has 9 heteroatoms. The Morgan fingerprint density at radius 1 is 1.14 bits per heavy atom. The fourth-order valence-corrected chi connectivity index (χ4v) is 3.80. The Bertz CT molecular complexity index is 1380. The van der Waals surface area contributed by atoms with Crippen LogP contribution in [0, 0.1) is 6.92 Å². The Morgan fingerprint density at radius 2 is 1.94 bits per heavy atom. The largest absolute Gasteiger partial charge is 0.489 e. The average molecular weight is 484 g/mol. The van der Waals surface area contributed by atoms with Gasteiger partial charge in [-0.3, -0.25) is 9.78 Å². The number of esters is 1. The highest BCUT2D eigenvalue weighted by atomic mass is 19.4. The lowest BCUT2D eigenvalue weighted by molar-refractivity contribution is -0.140. The van der Waals surface area contributed by atoms with Crippen LogP contribution in [0.2, 0.25) is 0 Å². The number of methoxy groups -OCH3 is 1. The van der Waals surface area contributed by atoms with Crippen LogP contribution in [0.15, 0.2) is 59.3 Å². The Morgan fingerprint density at radius 3 is 2.66 bits per heavy atom. The fraction of sp³-hybridized carbons (Fsp3) is 0.231. The minimum atomic E-state index is -4.59. The lowest BCUT2D eigenvalue weighted by atomic mass is 9.99. The van der Waals surface area contributed by atoms with Gasteiger partial charge in [-0.2, -0.15) is 13.2 Å². The van der Waals surface area contributed by atoms with Gasteiger partial charge >= 0.3 is 12.1 Å². The Kier molecular flexibility index (Phi) is 6.79. The van der Waals surface area contributed by atoms with Crippen molar-refractivity contribution in [1.82, 2.24) is 4.98 Å². The SMILES string of the molecule is COC(=O)Cc1ccc(C)cc1OCc1cc(-c2ccnc(CN)c2)c2occ(C(F)(F)F)c2c1. The number of carbonyl (C=O) groups excluding carboxylic acids is 1. The number of aromatic nitrogens is 1. The number of hydrogen-bond acceptors (Lipinski definition) is 6. The zero-order valence-corrected chi connectivity index (χ0v) is 19.1. The zero-order valence-electron chi connectivity index (χ0n) is 19.1. The number of nitrogens with two attached hydrogens (primary N) is 1. The molecule has 0 atom stereocenters. The summed E-state index contributed by atoms with van der Waals surface area (Å²) in [5.41, 5.74) is 8.63. The fourth-order valence-electron chi connectivity index (χ4n) is 3.80. The van der Waals surface area contributed by atoms with E-state index in [1.807, 2.05) is 13.0 Å². The Labute approximate surface area is 199 Å². The van der Waals surface area contributed by atoms with Gasteiger partial charge in [-0.25, -0.2) is 0 Å². The highest BCUT2D eigenvalue weighted by molar-refractivity contribution is 5.95. The summed E-state index contributed by atoms with van der Waals surface area (Å²) < 4.78 is 57.1. The molecule has 0 spiro atoms. The number of alkyl halides is 3. The standard InChI is InChI=1S/C26H23F3N2O4/c1-15-3-4-18(11-24(32)33-2)23(7-15)34-13-16-8-20(17-5-6-31-19(10-17)12-30)25-21(9-16)22(14-35-25)26(27,28)29/h3-10,14H,11-13,30H2,1-2H3. The molecular weight excluding hydrogens is 461 g/mol. The quantitative estimate of drug-likeness (QED) is 0.345. The van der Waals surface area contributed by atoms with Crippen LogP contribution in [0.3, 0.4) is 0 Å². The molecule has 2 N–H and O–H groups in total. The van der Waals surface area contributed by atoms with Crippen molar-refractivity contribution in [2.45, 2.75) is 32.7 Å². The van der Waals surface area contributed by atoms with Gasteiger partial charge < -0.3 is 19.6 Å². The van der Waals surface area contributed by atoms with Crippen LogP contribution in [-0.2, 0) is 35.3 Å². The van der Waals surface area contributed by atoms with Crippen LogP contribution >= 0.6 is 0 Å². The van der Waals surface area contributed by atoms with Crippen LogP contribution in [0.25, 0.3) is 22.1 Å². The van der Waals surface area contributed by atoms with Gasteiger partial charge in [0.15, 0.2) is 0 Å². The normalized spacial score (nSPS) is 11.6. The zero-order chi connectivity index (χ0) is 25.2. The lowest BCUT2D eigenvalue weighted by Crippen LogP contribution is -2.07. The van der Waals surface area contributed by atoms with Gasteiger partial charge in [-0.1, -0.05) is 12.1 Å². The van der Waals surface area contributed by atoms with Crippen molar-refractivity contribution in [3.05, 3.63) is 82.9 Å². The molecule has 0 aliphatic heterocycles. The van der Waals surface area contributed by atoms with E-state index in [9.17, 15) is 18.0 Å². The van der Waals surface area contributed by atoms with Crippen LogP contribution in [-0.4, -0.2) is 18.1 Å². The summed E-state index contributed by atoms with van der Waals surface area (Å²) in [5, 5.41) is -0.0706. The number of fused-ring (bicyclic) bond motifs is 1. The summed E-state index contributed by atoms with van der Waals surface area (Å²) in [5.74, 6) is 0.0265. The third kappa shape index (κ3) is 5.30. The average Bonchev–Trinajstić information content (AvgIpc) is 3.28. The number of rotatable bonds is 7. The highest BCUT2D eigenvalue weighted by Gasteiger charge is 2.35. The van der Waals surface area contributed by atoms with E-state index in [2.05, 4.69) is 4.98 Å². The van der Waals surface area contributed by atoms with Crippen molar-refractivity contribution < 1.29 is 31.9 Å². The summed E-state index contributed by atoms with van der Waals surface area (Å²) >= 11 is 0. The van der Waals surface area contributed by atoms with Gasteiger partial charge in [0, 0.05) is 29.3 Å². The summed E-state index contributed by atoms with van der Waals surface area (Å²) in [4.78, 5) is 15.9. The minimum absolute atomic E-state index is 0.00916. The molecule has 35 heavy (non-hydrogen) atoms. The monoisotopic (exact) mass is 484 g/mol. The van der Waals surface area contributed by atoms with Gasteiger partial charge in [0.05, 0.1) is 19.2 Å². The predicted octanol–water partition coefficient (Wildman–Crippen LogP) is 5.58. The molecule has 2 aromatic carbocycles. The second-order valence-corrected chi connectivity index (χ2v) is 8.06. The lowest BCUT2D eigenvalue weighted by Gasteiger charge is -2.14. The van der Waals surface area contributed by atoms with Crippen molar-refractivity contribution in [2.75, 3.05) is 7.11 Å². The molecule has 0 aliphatic carbocycles. The van der Waals surface area contributed by atoms with E-state index < -0.39 is 17.7 Å². The predicted molar refractivity (Wildman–Crippen MR) is 124 cm³/mol. The molecular formula is C26H23F3N2O4. The molecule has 0 unspecified atom stereocenters. The van der Waals surface area contributed by atoms with E-state index in [1.54, 1.807) is 36.5 Å². The summed E-state index contributed by atoms with van der Waals surface area (Å²) in [7, 11) is 1.30. The third-order valence-electron chi connectivity index (χ3n) is 5.56. The first-order chi connectivity index (χ1) is 16.7. The maximum Gasteiger partial charge on any atom is 0.420 e. The molecule has 6 nitrogen and oxygen atoms in total. The van der Waals surface area contributed by atoms with Crippen molar-refractivity contribution in [1.29, 1.82) is 0 Å². The van der Waals surface area contributed by atoms with Gasteiger partial charge in [0.2, 0.25) is 0 Å². The molecule has 182 valence electrons. The van der Waals surface area contributed by atoms with Crippen LogP contribution in [0.5, 0.6) is 5.75 Å². The van der Waals surface area contributed by atoms with Gasteiger partial charge in [-0.15, -0.1) is 0 Å². The van der Waals surface area contributed by atoms with Gasteiger partial charge in [-0.05, 0) is 53.9 Å². The smallest absolute Gasteiger partial charge is 0.420 e. The van der Waals surface area contributed by atoms with E-state index in [0.717, 1.165) is 11.8 Å². The van der Waals surface area contributed by atoms with Crippen molar-refractivity contribution in [3.8, 4) is 16.9 Å². The first-order valence-electron chi connectivity index (χ1n) is 10.8. The number of aryl methyl sites for hydroxylation is 1. The highest BCUT2D eigenvalue weighted by Crippen LogP contribution is 2.40. The maximum atomic E-state index is 13.7. The molecule has 2 heterocycles. The number of nitrogens with zero attached hydrogens (tertiary/aromatic N) is 1. The van der Waals surface area contributed by atoms with Crippen LogP contribution < -0.4 is 10.5 Å². The molecule has 2 aromatic heterocycles. The topological polar surface area (TPSA) is 87.6 Å². The van der Waals surface area contributed by atoms with Crippen LogP contribution in [0.4, 0.5) is 13.2 Å². The van der Waals surface area contributed by atoms with Crippen molar-refractivity contribution in [2.24, 2.45) is 5.73 Å². The Hall–Kier alpha value is -3.85. The molecule has 4 rings (SSSR count). The van der Waals surface area contributed by atoms with E-state index in [1.165, 1.54) is 13.2 Å². The Balaban J connectivity index is 1.77. The molecule has 0 fully saturated rings. The number of hydrogen-bond donors (Lipinski definition) is 1. The number of halogens is 3. The van der Waals surface area contributed by atoms with E-state index >= 15 is 0 Å². The molecule has 4 aromatic rings. The minimum Gasteiger partial charge on any atom is -0.489 e. The molecule has 0 saturated heterocycles.